The maximum absolute atomic E-state index is 11.7. The number of carbonyl (C=O) groups is 2. The Morgan fingerprint density at radius 3 is 2.29 bits per heavy atom. The Balaban J connectivity index is 4.32. The molecule has 0 spiro atoms. The van der Waals surface area contributed by atoms with Crippen LogP contribution in [0, 0.1) is 11.3 Å². The molecule has 4 heteroatoms. The minimum Gasteiger partial charge on any atom is -0.481 e. The summed E-state index contributed by atoms with van der Waals surface area (Å²) >= 11 is 0. The number of hydrogen-bond donors (Lipinski definition) is 1. The quantitative estimate of drug-likeness (QED) is 0.526. The summed E-state index contributed by atoms with van der Waals surface area (Å²) in [5.41, 5.74) is -0.884. The summed E-state index contributed by atoms with van der Waals surface area (Å²) in [5, 5.41) is 9.03. The molecule has 0 saturated carbocycles. The second-order valence-electron chi connectivity index (χ2n) is 5.02. The summed E-state index contributed by atoms with van der Waals surface area (Å²) in [6.45, 7) is 7.61. The van der Waals surface area contributed by atoms with Crippen molar-refractivity contribution in [3.8, 4) is 0 Å². The molecule has 4 nitrogen and oxygen atoms in total. The zero-order chi connectivity index (χ0) is 13.5. The highest BCUT2D eigenvalue weighted by Crippen LogP contribution is 2.28. The number of unbranched alkanes of at least 4 members (excludes halogenated alkanes) is 1. The van der Waals surface area contributed by atoms with E-state index < -0.39 is 11.4 Å². The fourth-order valence-electron chi connectivity index (χ4n) is 1.53. The molecule has 1 N–H and O–H groups in total. The molecule has 0 amide bonds. The third-order valence-corrected chi connectivity index (χ3v) is 2.90. The van der Waals surface area contributed by atoms with Crippen LogP contribution in [0.4, 0.5) is 0 Å². The van der Waals surface area contributed by atoms with Gasteiger partial charge in [-0.3, -0.25) is 9.59 Å². The Kier molecular flexibility index (Phi) is 6.85. The fraction of sp³-hybridized carbons (Fsp3) is 0.846. The minimum atomic E-state index is -0.884. The molecule has 0 aromatic heterocycles. The van der Waals surface area contributed by atoms with Crippen LogP contribution in [-0.4, -0.2) is 23.7 Å². The van der Waals surface area contributed by atoms with Crippen LogP contribution in [0.25, 0.3) is 0 Å². The maximum atomic E-state index is 11.7. The average Bonchev–Trinajstić information content (AvgIpc) is 2.25. The first-order valence-corrected chi connectivity index (χ1v) is 6.25. The van der Waals surface area contributed by atoms with Crippen molar-refractivity contribution in [2.75, 3.05) is 6.61 Å². The zero-order valence-electron chi connectivity index (χ0n) is 11.3. The lowest BCUT2D eigenvalue weighted by molar-refractivity contribution is -0.153. The molecule has 0 heterocycles. The first-order chi connectivity index (χ1) is 7.85. The fourth-order valence-corrected chi connectivity index (χ4v) is 1.53. The van der Waals surface area contributed by atoms with Crippen molar-refractivity contribution in [3.63, 3.8) is 0 Å². The molecular weight excluding hydrogens is 220 g/mol. The zero-order valence-corrected chi connectivity index (χ0v) is 11.3. The maximum Gasteiger partial charge on any atom is 0.309 e. The van der Waals surface area contributed by atoms with Gasteiger partial charge in [-0.05, 0) is 33.1 Å². The molecule has 0 radical (unpaired) electrons. The lowest BCUT2D eigenvalue weighted by atomic mass is 9.82. The van der Waals surface area contributed by atoms with E-state index in [2.05, 4.69) is 0 Å². The van der Waals surface area contributed by atoms with Gasteiger partial charge in [-0.2, -0.15) is 0 Å². The van der Waals surface area contributed by atoms with Crippen LogP contribution in [0.5, 0.6) is 0 Å². The van der Waals surface area contributed by atoms with Crippen molar-refractivity contribution >= 4 is 11.9 Å². The van der Waals surface area contributed by atoms with Crippen molar-refractivity contribution in [2.45, 2.75) is 53.4 Å². The molecular formula is C13H24O4. The molecule has 0 fully saturated rings. The smallest absolute Gasteiger partial charge is 0.309 e. The van der Waals surface area contributed by atoms with Gasteiger partial charge < -0.3 is 9.84 Å². The van der Waals surface area contributed by atoms with Crippen molar-refractivity contribution in [1.29, 1.82) is 0 Å². The van der Waals surface area contributed by atoms with Crippen LogP contribution in [0.1, 0.15) is 53.4 Å². The standard InChI is InChI=1S/C13H24O4/c1-5-7-8-17-11(14)10(6-2)9-13(3,4)12(15)16/h10H,5-9H2,1-4H3,(H,15,16). The Bertz CT molecular complexity index is 258. The predicted octanol–water partition coefficient (Wildman–Crippen LogP) is 2.86. The van der Waals surface area contributed by atoms with Gasteiger partial charge in [0.15, 0.2) is 0 Å². The number of carbonyl (C=O) groups excluding carboxylic acids is 1. The lowest BCUT2D eigenvalue weighted by Crippen LogP contribution is -2.30. The first kappa shape index (κ1) is 15.9. The monoisotopic (exact) mass is 244 g/mol. The van der Waals surface area contributed by atoms with Gasteiger partial charge in [0.25, 0.3) is 0 Å². The lowest BCUT2D eigenvalue weighted by Gasteiger charge is -2.24. The van der Waals surface area contributed by atoms with Gasteiger partial charge in [-0.15, -0.1) is 0 Å². The van der Waals surface area contributed by atoms with E-state index in [4.69, 9.17) is 9.84 Å². The highest BCUT2D eigenvalue weighted by Gasteiger charge is 2.33. The van der Waals surface area contributed by atoms with Crippen molar-refractivity contribution in [1.82, 2.24) is 0 Å². The first-order valence-electron chi connectivity index (χ1n) is 6.25. The number of rotatable bonds is 8. The van der Waals surface area contributed by atoms with Gasteiger partial charge in [0.1, 0.15) is 0 Å². The number of esters is 1. The van der Waals surface area contributed by atoms with E-state index in [1.165, 1.54) is 0 Å². The molecule has 1 unspecified atom stereocenters. The highest BCUT2D eigenvalue weighted by atomic mass is 16.5. The van der Waals surface area contributed by atoms with Gasteiger partial charge in [0, 0.05) is 0 Å². The molecule has 0 aliphatic heterocycles. The highest BCUT2D eigenvalue weighted by molar-refractivity contribution is 5.77. The van der Waals surface area contributed by atoms with Crippen LogP contribution in [-0.2, 0) is 14.3 Å². The largest absolute Gasteiger partial charge is 0.481 e. The average molecular weight is 244 g/mol. The number of ether oxygens (including phenoxy) is 1. The molecule has 0 rings (SSSR count). The Morgan fingerprint density at radius 1 is 1.29 bits per heavy atom. The SMILES string of the molecule is CCCCOC(=O)C(CC)CC(C)(C)C(=O)O. The van der Waals surface area contributed by atoms with E-state index in [9.17, 15) is 9.59 Å². The van der Waals surface area contributed by atoms with E-state index in [-0.39, 0.29) is 11.9 Å². The number of carboxylic acid groups (broad SMARTS) is 1. The molecule has 0 aliphatic carbocycles. The number of carboxylic acids is 1. The van der Waals surface area contributed by atoms with Gasteiger partial charge in [-0.1, -0.05) is 20.3 Å². The van der Waals surface area contributed by atoms with Crippen molar-refractivity contribution in [2.24, 2.45) is 11.3 Å². The summed E-state index contributed by atoms with van der Waals surface area (Å²) < 4.78 is 5.13. The second-order valence-corrected chi connectivity index (χ2v) is 5.02. The summed E-state index contributed by atoms with van der Waals surface area (Å²) in [7, 11) is 0. The Morgan fingerprint density at radius 2 is 1.88 bits per heavy atom. The van der Waals surface area contributed by atoms with Gasteiger partial charge >= 0.3 is 11.9 Å². The molecule has 0 aromatic carbocycles. The van der Waals surface area contributed by atoms with E-state index in [1.54, 1.807) is 13.8 Å². The van der Waals surface area contributed by atoms with Gasteiger partial charge in [0.2, 0.25) is 0 Å². The Hall–Kier alpha value is -1.06. The molecule has 0 aliphatic rings. The van der Waals surface area contributed by atoms with Gasteiger partial charge in [0.05, 0.1) is 17.9 Å². The summed E-state index contributed by atoms with van der Waals surface area (Å²) in [5.74, 6) is -1.47. The Labute approximate surface area is 103 Å². The molecule has 17 heavy (non-hydrogen) atoms. The van der Waals surface area contributed by atoms with Crippen LogP contribution in [0.15, 0.2) is 0 Å². The molecule has 100 valence electrons. The number of aliphatic carboxylic acids is 1. The van der Waals surface area contributed by atoms with Crippen LogP contribution >= 0.6 is 0 Å². The van der Waals surface area contributed by atoms with Crippen molar-refractivity contribution < 1.29 is 19.4 Å². The normalized spacial score (nSPS) is 13.2. The summed E-state index contributed by atoms with van der Waals surface area (Å²) in [4.78, 5) is 22.7. The van der Waals surface area contributed by atoms with Crippen LogP contribution in [0.2, 0.25) is 0 Å². The molecule has 0 bridgehead atoms. The number of hydrogen-bond acceptors (Lipinski definition) is 3. The minimum absolute atomic E-state index is 0.268. The molecule has 0 saturated heterocycles. The van der Waals surface area contributed by atoms with E-state index >= 15 is 0 Å². The van der Waals surface area contributed by atoms with Gasteiger partial charge in [-0.25, -0.2) is 0 Å². The van der Waals surface area contributed by atoms with Crippen LogP contribution in [0.3, 0.4) is 0 Å². The molecule has 0 aromatic rings. The predicted molar refractivity (Wildman–Crippen MR) is 65.7 cm³/mol. The second kappa shape index (κ2) is 7.30. The van der Waals surface area contributed by atoms with E-state index in [1.807, 2.05) is 13.8 Å². The topological polar surface area (TPSA) is 63.6 Å². The summed E-state index contributed by atoms with van der Waals surface area (Å²) in [6, 6.07) is 0. The van der Waals surface area contributed by atoms with E-state index in [0.29, 0.717) is 19.4 Å². The third kappa shape index (κ3) is 5.71. The van der Waals surface area contributed by atoms with Crippen LogP contribution < -0.4 is 0 Å². The van der Waals surface area contributed by atoms with E-state index in [0.717, 1.165) is 12.8 Å². The summed E-state index contributed by atoms with van der Waals surface area (Å²) in [6.07, 6.45) is 2.76. The molecule has 1 atom stereocenters. The van der Waals surface area contributed by atoms with Crippen molar-refractivity contribution in [3.05, 3.63) is 0 Å². The third-order valence-electron chi connectivity index (χ3n) is 2.90.